The maximum Gasteiger partial charge on any atom is 0.191 e. The lowest BCUT2D eigenvalue weighted by atomic mass is 10.0. The Morgan fingerprint density at radius 2 is 1.62 bits per heavy atom. The number of nitrogens with zero attached hydrogens (tertiary/aromatic N) is 2. The highest BCUT2D eigenvalue weighted by atomic mass is 35.5. The average Bonchev–Trinajstić information content (AvgIpc) is 3.18. The van der Waals surface area contributed by atoms with Crippen molar-refractivity contribution in [3.05, 3.63) is 101 Å². The molecule has 2 nitrogen and oxygen atoms in total. The fourth-order valence-corrected chi connectivity index (χ4v) is 4.87. The van der Waals surface area contributed by atoms with Crippen LogP contribution in [0.1, 0.15) is 11.1 Å². The van der Waals surface area contributed by atoms with Gasteiger partial charge < -0.3 is 4.90 Å². The minimum absolute atomic E-state index is 0.725. The third kappa shape index (κ3) is 3.37. The van der Waals surface area contributed by atoms with Crippen LogP contribution < -0.4 is 4.90 Å². The molecule has 4 heteroatoms. The van der Waals surface area contributed by atoms with Crippen molar-refractivity contribution in [2.24, 2.45) is 0 Å². The monoisotopic (exact) mass is 414 g/mol. The summed E-state index contributed by atoms with van der Waals surface area (Å²) in [6, 6.07) is 29.4. The lowest BCUT2D eigenvalue weighted by Gasteiger charge is -2.25. The molecule has 142 valence electrons. The molecule has 0 aliphatic heterocycles. The topological polar surface area (TPSA) is 16.1 Å². The van der Waals surface area contributed by atoms with Crippen LogP contribution in [0.15, 0.2) is 84.9 Å². The van der Waals surface area contributed by atoms with Crippen LogP contribution in [-0.2, 0) is 6.54 Å². The molecule has 1 heterocycles. The molecule has 0 fully saturated rings. The van der Waals surface area contributed by atoms with Gasteiger partial charge in [0.05, 0.1) is 16.8 Å². The molecular formula is C25H19ClN2S. The first-order chi connectivity index (χ1) is 14.2. The zero-order chi connectivity index (χ0) is 19.8. The number of fused-ring (bicyclic) bond motifs is 2. The largest absolute Gasteiger partial charge is 0.313 e. The first-order valence-electron chi connectivity index (χ1n) is 9.55. The highest BCUT2D eigenvalue weighted by Crippen LogP contribution is 2.38. The van der Waals surface area contributed by atoms with Crippen molar-refractivity contribution >= 4 is 54.7 Å². The highest BCUT2D eigenvalue weighted by Gasteiger charge is 2.18. The maximum absolute atomic E-state index is 6.48. The molecule has 5 aromatic rings. The van der Waals surface area contributed by atoms with Crippen molar-refractivity contribution in [1.82, 2.24) is 4.98 Å². The SMILES string of the molecule is Cc1c(Cl)cccc1N(Cc1cccc2ccccc12)c1nc2ccccc2s1. The van der Waals surface area contributed by atoms with Gasteiger partial charge in [-0.25, -0.2) is 4.98 Å². The van der Waals surface area contributed by atoms with Crippen molar-refractivity contribution < 1.29 is 0 Å². The smallest absolute Gasteiger partial charge is 0.191 e. The minimum atomic E-state index is 0.725. The Hall–Kier alpha value is -2.88. The standard InChI is InChI=1S/C25H19ClN2S/c1-17-21(26)12-7-14-23(17)28(25-27-22-13-4-5-15-24(22)29-25)16-19-10-6-9-18-8-2-3-11-20(18)19/h2-15H,16H2,1H3. The van der Waals surface area contributed by atoms with E-state index in [0.29, 0.717) is 0 Å². The van der Waals surface area contributed by atoms with E-state index in [4.69, 9.17) is 16.6 Å². The van der Waals surface area contributed by atoms with Crippen LogP contribution in [0.2, 0.25) is 5.02 Å². The predicted molar refractivity (Wildman–Crippen MR) is 126 cm³/mol. The third-order valence-corrected chi connectivity index (χ3v) is 6.72. The third-order valence-electron chi connectivity index (χ3n) is 5.25. The molecule has 0 aliphatic rings. The summed E-state index contributed by atoms with van der Waals surface area (Å²) in [4.78, 5) is 7.22. The minimum Gasteiger partial charge on any atom is -0.313 e. The molecule has 0 N–H and O–H groups in total. The van der Waals surface area contributed by atoms with E-state index in [9.17, 15) is 0 Å². The molecule has 0 spiro atoms. The highest BCUT2D eigenvalue weighted by molar-refractivity contribution is 7.22. The molecular weight excluding hydrogens is 396 g/mol. The number of aromatic nitrogens is 1. The van der Waals surface area contributed by atoms with Crippen LogP contribution in [0.4, 0.5) is 10.8 Å². The van der Waals surface area contributed by atoms with Crippen LogP contribution in [0.3, 0.4) is 0 Å². The predicted octanol–water partition coefficient (Wildman–Crippen LogP) is 7.75. The number of rotatable bonds is 4. The zero-order valence-corrected chi connectivity index (χ0v) is 17.5. The molecule has 1 aromatic heterocycles. The molecule has 0 bridgehead atoms. The van der Waals surface area contributed by atoms with Gasteiger partial charge in [0.25, 0.3) is 0 Å². The maximum atomic E-state index is 6.48. The fourth-order valence-electron chi connectivity index (χ4n) is 3.72. The van der Waals surface area contributed by atoms with Gasteiger partial charge in [-0.3, -0.25) is 0 Å². The number of hydrogen-bond donors (Lipinski definition) is 0. The van der Waals surface area contributed by atoms with Crippen LogP contribution in [0.25, 0.3) is 21.0 Å². The van der Waals surface area contributed by atoms with Gasteiger partial charge in [0.15, 0.2) is 5.13 Å². The average molecular weight is 415 g/mol. The summed E-state index contributed by atoms with van der Waals surface area (Å²) < 4.78 is 1.19. The van der Waals surface area contributed by atoms with Crippen molar-refractivity contribution in [1.29, 1.82) is 0 Å². The molecule has 5 rings (SSSR count). The molecule has 0 aliphatic carbocycles. The summed E-state index contributed by atoms with van der Waals surface area (Å²) in [6.45, 7) is 2.80. The van der Waals surface area contributed by atoms with Crippen LogP contribution in [-0.4, -0.2) is 4.98 Å². The molecule has 4 aromatic carbocycles. The summed E-state index contributed by atoms with van der Waals surface area (Å²) in [5.41, 5.74) is 4.44. The first-order valence-corrected chi connectivity index (χ1v) is 10.7. The fraction of sp³-hybridized carbons (Fsp3) is 0.0800. The van der Waals surface area contributed by atoms with E-state index in [2.05, 4.69) is 78.6 Å². The summed E-state index contributed by atoms with van der Waals surface area (Å²) in [5.74, 6) is 0. The molecule has 0 saturated heterocycles. The van der Waals surface area contributed by atoms with Crippen molar-refractivity contribution in [3.8, 4) is 0 Å². The molecule has 0 amide bonds. The van der Waals surface area contributed by atoms with E-state index < -0.39 is 0 Å². The van der Waals surface area contributed by atoms with E-state index in [0.717, 1.165) is 33.5 Å². The van der Waals surface area contributed by atoms with Crippen molar-refractivity contribution in [3.63, 3.8) is 0 Å². The quantitative estimate of drug-likeness (QED) is 0.299. The Bertz CT molecular complexity index is 1290. The van der Waals surface area contributed by atoms with E-state index >= 15 is 0 Å². The van der Waals surface area contributed by atoms with E-state index in [1.807, 2.05) is 18.2 Å². The zero-order valence-electron chi connectivity index (χ0n) is 16.0. The second-order valence-electron chi connectivity index (χ2n) is 7.07. The Balaban J connectivity index is 1.68. The van der Waals surface area contributed by atoms with Gasteiger partial charge in [-0.2, -0.15) is 0 Å². The van der Waals surface area contributed by atoms with Gasteiger partial charge >= 0.3 is 0 Å². The van der Waals surface area contributed by atoms with Gasteiger partial charge in [0, 0.05) is 10.7 Å². The summed E-state index contributed by atoms with van der Waals surface area (Å²) in [7, 11) is 0. The van der Waals surface area contributed by atoms with E-state index in [-0.39, 0.29) is 0 Å². The van der Waals surface area contributed by atoms with Gasteiger partial charge in [0.1, 0.15) is 0 Å². The molecule has 0 unspecified atom stereocenters. The van der Waals surface area contributed by atoms with E-state index in [1.54, 1.807) is 11.3 Å². The summed E-state index contributed by atoms with van der Waals surface area (Å²) in [6.07, 6.45) is 0. The van der Waals surface area contributed by atoms with Gasteiger partial charge in [-0.1, -0.05) is 83.6 Å². The number of halogens is 1. The van der Waals surface area contributed by atoms with Crippen molar-refractivity contribution in [2.45, 2.75) is 13.5 Å². The lowest BCUT2D eigenvalue weighted by Crippen LogP contribution is -2.17. The normalized spacial score (nSPS) is 11.2. The molecule has 0 atom stereocenters. The first kappa shape index (κ1) is 18.2. The van der Waals surface area contributed by atoms with Crippen LogP contribution >= 0.6 is 22.9 Å². The Labute approximate surface area is 179 Å². The molecule has 0 saturated carbocycles. The van der Waals surface area contributed by atoms with E-state index in [1.165, 1.54) is 21.0 Å². The van der Waals surface area contributed by atoms with Crippen LogP contribution in [0.5, 0.6) is 0 Å². The van der Waals surface area contributed by atoms with Gasteiger partial charge in [-0.15, -0.1) is 0 Å². The van der Waals surface area contributed by atoms with Gasteiger partial charge in [0.2, 0.25) is 0 Å². The van der Waals surface area contributed by atoms with Gasteiger partial charge in [-0.05, 0) is 53.1 Å². The second kappa shape index (κ2) is 7.51. The number of benzene rings is 4. The van der Waals surface area contributed by atoms with Crippen LogP contribution in [0, 0.1) is 6.92 Å². The Morgan fingerprint density at radius 3 is 2.52 bits per heavy atom. The second-order valence-corrected chi connectivity index (χ2v) is 8.49. The number of hydrogen-bond acceptors (Lipinski definition) is 3. The Morgan fingerprint density at radius 1 is 0.862 bits per heavy atom. The molecule has 0 radical (unpaired) electrons. The summed E-state index contributed by atoms with van der Waals surface area (Å²) >= 11 is 8.19. The summed E-state index contributed by atoms with van der Waals surface area (Å²) in [5, 5.41) is 4.26. The number of para-hydroxylation sites is 1. The Kier molecular flexibility index (Phi) is 4.70. The lowest BCUT2D eigenvalue weighted by molar-refractivity contribution is 0.970. The number of anilines is 2. The number of thiazole rings is 1. The van der Waals surface area contributed by atoms with Crippen molar-refractivity contribution in [2.75, 3.05) is 4.90 Å². The molecule has 29 heavy (non-hydrogen) atoms.